The molecule has 1 aromatic heterocycles. The first-order valence-corrected chi connectivity index (χ1v) is 8.48. The Hall–Kier alpha value is -1.95. The van der Waals surface area contributed by atoms with Crippen LogP contribution >= 0.6 is 0 Å². The second-order valence-electron chi connectivity index (χ2n) is 6.70. The van der Waals surface area contributed by atoms with Crippen LogP contribution in [0.15, 0.2) is 24.5 Å². The van der Waals surface area contributed by atoms with E-state index in [9.17, 15) is 9.59 Å². The molecule has 0 unspecified atom stereocenters. The maximum atomic E-state index is 12.5. The van der Waals surface area contributed by atoms with E-state index in [0.29, 0.717) is 32.7 Å². The summed E-state index contributed by atoms with van der Waals surface area (Å²) in [4.78, 5) is 30.5. The third-order valence-corrected chi connectivity index (χ3v) is 5.15. The summed E-state index contributed by atoms with van der Waals surface area (Å²) in [6.07, 6.45) is 6.88. The number of methoxy groups -OCH3 is 1. The molecule has 2 aliphatic rings. The number of aromatic nitrogens is 1. The number of pyridine rings is 1. The molecule has 6 heteroatoms. The standard InChI is InChI=1S/C18H24N2O4/c1-23-17(22)18-12-20(10-15(18)11-24-13-18)16(21)7-3-2-5-14-6-4-8-19-9-14/h4,6,8-9,15H,2-3,5,7,10-13H2,1H3/t15-,18-/m0/s1. The van der Waals surface area contributed by atoms with Crippen molar-refractivity contribution in [1.82, 2.24) is 9.88 Å². The highest BCUT2D eigenvalue weighted by Gasteiger charge is 2.57. The predicted octanol–water partition coefficient (Wildman–Crippen LogP) is 1.44. The largest absolute Gasteiger partial charge is 0.468 e. The van der Waals surface area contributed by atoms with Crippen molar-refractivity contribution in [2.24, 2.45) is 11.3 Å². The number of likely N-dealkylation sites (tertiary alicyclic amines) is 1. The van der Waals surface area contributed by atoms with E-state index in [-0.39, 0.29) is 17.8 Å². The van der Waals surface area contributed by atoms with Gasteiger partial charge in [0.15, 0.2) is 0 Å². The minimum atomic E-state index is -0.653. The van der Waals surface area contributed by atoms with Gasteiger partial charge in [0.05, 0.1) is 20.3 Å². The quantitative estimate of drug-likeness (QED) is 0.582. The Morgan fingerprint density at radius 3 is 3.08 bits per heavy atom. The van der Waals surface area contributed by atoms with Gasteiger partial charge in [0, 0.05) is 37.8 Å². The van der Waals surface area contributed by atoms with E-state index in [0.717, 1.165) is 19.3 Å². The van der Waals surface area contributed by atoms with E-state index >= 15 is 0 Å². The molecule has 2 saturated heterocycles. The summed E-state index contributed by atoms with van der Waals surface area (Å²) in [5.74, 6) is -0.0694. The molecule has 3 rings (SSSR count). The molecule has 24 heavy (non-hydrogen) atoms. The predicted molar refractivity (Wildman–Crippen MR) is 87.1 cm³/mol. The Morgan fingerprint density at radius 1 is 1.46 bits per heavy atom. The fraction of sp³-hybridized carbons (Fsp3) is 0.611. The monoisotopic (exact) mass is 332 g/mol. The van der Waals surface area contributed by atoms with E-state index in [2.05, 4.69) is 11.1 Å². The molecule has 2 atom stereocenters. The molecule has 1 amide bonds. The van der Waals surface area contributed by atoms with Gasteiger partial charge in [-0.1, -0.05) is 6.07 Å². The van der Waals surface area contributed by atoms with Crippen LogP contribution in [0.5, 0.6) is 0 Å². The molecule has 0 radical (unpaired) electrons. The Kier molecular flexibility index (Phi) is 5.14. The topological polar surface area (TPSA) is 68.7 Å². The van der Waals surface area contributed by atoms with Crippen molar-refractivity contribution in [1.29, 1.82) is 0 Å². The Balaban J connectivity index is 1.47. The van der Waals surface area contributed by atoms with Gasteiger partial charge in [-0.15, -0.1) is 0 Å². The van der Waals surface area contributed by atoms with Gasteiger partial charge in [0.2, 0.25) is 5.91 Å². The summed E-state index contributed by atoms with van der Waals surface area (Å²) < 4.78 is 10.4. The first-order valence-electron chi connectivity index (χ1n) is 8.48. The average Bonchev–Trinajstić information content (AvgIpc) is 3.17. The highest BCUT2D eigenvalue weighted by Crippen LogP contribution is 2.42. The maximum absolute atomic E-state index is 12.5. The second-order valence-corrected chi connectivity index (χ2v) is 6.70. The van der Waals surface area contributed by atoms with E-state index in [1.807, 2.05) is 17.2 Å². The van der Waals surface area contributed by atoms with E-state index in [1.165, 1.54) is 12.7 Å². The molecular weight excluding hydrogens is 308 g/mol. The summed E-state index contributed by atoms with van der Waals surface area (Å²) in [5, 5.41) is 0. The van der Waals surface area contributed by atoms with Crippen LogP contribution in [-0.4, -0.2) is 55.2 Å². The lowest BCUT2D eigenvalue weighted by Gasteiger charge is -2.23. The molecule has 130 valence electrons. The highest BCUT2D eigenvalue weighted by molar-refractivity contribution is 5.82. The summed E-state index contributed by atoms with van der Waals surface area (Å²) >= 11 is 0. The van der Waals surface area contributed by atoms with Crippen LogP contribution in [0, 0.1) is 11.3 Å². The third-order valence-electron chi connectivity index (χ3n) is 5.15. The number of unbranched alkanes of at least 4 members (excludes halogenated alkanes) is 1. The van der Waals surface area contributed by atoms with E-state index in [1.54, 1.807) is 6.20 Å². The van der Waals surface area contributed by atoms with Crippen LogP contribution in [-0.2, 0) is 25.5 Å². The number of nitrogens with zero attached hydrogens (tertiary/aromatic N) is 2. The van der Waals surface area contributed by atoms with Crippen molar-refractivity contribution in [2.45, 2.75) is 25.7 Å². The van der Waals surface area contributed by atoms with Crippen LogP contribution in [0.3, 0.4) is 0 Å². The van der Waals surface area contributed by atoms with Crippen LogP contribution < -0.4 is 0 Å². The number of carbonyl (C=O) groups excluding carboxylic acids is 2. The smallest absolute Gasteiger partial charge is 0.316 e. The minimum absolute atomic E-state index is 0.0595. The zero-order valence-electron chi connectivity index (χ0n) is 14.1. The van der Waals surface area contributed by atoms with Gasteiger partial charge in [-0.25, -0.2) is 0 Å². The number of amides is 1. The zero-order valence-corrected chi connectivity index (χ0v) is 14.1. The molecule has 6 nitrogen and oxygen atoms in total. The minimum Gasteiger partial charge on any atom is -0.468 e. The molecule has 2 aliphatic heterocycles. The van der Waals surface area contributed by atoms with Crippen LogP contribution in [0.25, 0.3) is 0 Å². The van der Waals surface area contributed by atoms with Crippen molar-refractivity contribution in [3.63, 3.8) is 0 Å². The molecule has 0 N–H and O–H groups in total. The van der Waals surface area contributed by atoms with Gasteiger partial charge in [-0.2, -0.15) is 0 Å². The van der Waals surface area contributed by atoms with Gasteiger partial charge >= 0.3 is 5.97 Å². The van der Waals surface area contributed by atoms with Crippen LogP contribution in [0.1, 0.15) is 24.8 Å². The lowest BCUT2D eigenvalue weighted by atomic mass is 9.81. The van der Waals surface area contributed by atoms with Crippen molar-refractivity contribution < 1.29 is 19.1 Å². The Morgan fingerprint density at radius 2 is 2.33 bits per heavy atom. The van der Waals surface area contributed by atoms with Crippen molar-refractivity contribution in [3.8, 4) is 0 Å². The number of hydrogen-bond donors (Lipinski definition) is 0. The normalized spacial score (nSPS) is 25.5. The molecule has 2 fully saturated rings. The molecular formula is C18H24N2O4. The third kappa shape index (κ3) is 3.29. The first kappa shape index (κ1) is 16.9. The fourth-order valence-corrected chi connectivity index (χ4v) is 3.73. The fourth-order valence-electron chi connectivity index (χ4n) is 3.73. The van der Waals surface area contributed by atoms with Gasteiger partial charge in [-0.05, 0) is 30.9 Å². The Bertz CT molecular complexity index is 592. The summed E-state index contributed by atoms with van der Waals surface area (Å²) in [7, 11) is 1.40. The number of aryl methyl sites for hydroxylation is 1. The molecule has 0 aromatic carbocycles. The molecule has 0 saturated carbocycles. The molecule has 0 bridgehead atoms. The first-order chi connectivity index (χ1) is 11.7. The van der Waals surface area contributed by atoms with Crippen molar-refractivity contribution in [3.05, 3.63) is 30.1 Å². The van der Waals surface area contributed by atoms with Gasteiger partial charge in [0.1, 0.15) is 5.41 Å². The summed E-state index contributed by atoms with van der Waals surface area (Å²) in [5.41, 5.74) is 0.544. The maximum Gasteiger partial charge on any atom is 0.316 e. The van der Waals surface area contributed by atoms with E-state index < -0.39 is 5.41 Å². The van der Waals surface area contributed by atoms with Crippen molar-refractivity contribution >= 4 is 11.9 Å². The lowest BCUT2D eigenvalue weighted by Crippen LogP contribution is -2.40. The number of esters is 1. The van der Waals surface area contributed by atoms with Crippen LogP contribution in [0.4, 0.5) is 0 Å². The number of fused-ring (bicyclic) bond motifs is 1. The SMILES string of the molecule is COC(=O)[C@@]12COC[C@@H]1CN(C(=O)CCCCc1cccnc1)C2. The van der Waals surface area contributed by atoms with Gasteiger partial charge in [-0.3, -0.25) is 14.6 Å². The number of rotatable bonds is 6. The van der Waals surface area contributed by atoms with Gasteiger partial charge < -0.3 is 14.4 Å². The number of ether oxygens (including phenoxy) is 2. The molecule has 3 heterocycles. The number of carbonyl (C=O) groups is 2. The molecule has 0 spiro atoms. The number of hydrogen-bond acceptors (Lipinski definition) is 5. The second kappa shape index (κ2) is 7.30. The zero-order chi connectivity index (χ0) is 17.0. The Labute approximate surface area is 142 Å². The molecule has 0 aliphatic carbocycles. The molecule has 1 aromatic rings. The lowest BCUT2D eigenvalue weighted by molar-refractivity contribution is -0.153. The summed E-state index contributed by atoms with van der Waals surface area (Å²) in [6.45, 7) is 1.90. The van der Waals surface area contributed by atoms with Gasteiger partial charge in [0.25, 0.3) is 0 Å². The van der Waals surface area contributed by atoms with Crippen LogP contribution in [0.2, 0.25) is 0 Å². The van der Waals surface area contributed by atoms with E-state index in [4.69, 9.17) is 9.47 Å². The van der Waals surface area contributed by atoms with Crippen molar-refractivity contribution in [2.75, 3.05) is 33.4 Å². The highest BCUT2D eigenvalue weighted by atomic mass is 16.5. The summed E-state index contributed by atoms with van der Waals surface area (Å²) in [6, 6.07) is 3.98. The average molecular weight is 332 g/mol.